The summed E-state index contributed by atoms with van der Waals surface area (Å²) in [7, 11) is -3.45. The van der Waals surface area contributed by atoms with Gasteiger partial charge in [0.2, 0.25) is 0 Å². The van der Waals surface area contributed by atoms with Gasteiger partial charge >= 0.3 is 31.5 Å². The Morgan fingerprint density at radius 3 is 1.32 bits per heavy atom. The van der Waals surface area contributed by atoms with Crippen LogP contribution >= 0.6 is 25.6 Å². The van der Waals surface area contributed by atoms with E-state index < -0.39 is 56.3 Å². The molecule has 0 aromatic rings. The Morgan fingerprint density at radius 1 is 0.659 bits per heavy atom. The van der Waals surface area contributed by atoms with E-state index in [2.05, 4.69) is 4.74 Å². The van der Waals surface area contributed by atoms with Crippen molar-refractivity contribution in [3.05, 3.63) is 0 Å². The molecular weight excluding hydrogens is 610 g/mol. The molecule has 244 valence electrons. The highest BCUT2D eigenvalue weighted by Crippen LogP contribution is 2.48. The van der Waals surface area contributed by atoms with E-state index in [0.717, 1.165) is 0 Å². The molecule has 41 heavy (non-hydrogen) atoms. The predicted molar refractivity (Wildman–Crippen MR) is 152 cm³/mol. The summed E-state index contributed by atoms with van der Waals surface area (Å²) in [5, 5.41) is 8.48. The number of esters is 4. The first-order valence-corrected chi connectivity index (χ1v) is 17.9. The lowest BCUT2D eigenvalue weighted by Crippen LogP contribution is -2.24. The summed E-state index contributed by atoms with van der Waals surface area (Å²) in [6, 6.07) is 0. The van der Waals surface area contributed by atoms with E-state index in [1.54, 1.807) is 41.5 Å². The van der Waals surface area contributed by atoms with Gasteiger partial charge in [-0.2, -0.15) is 0 Å². The minimum absolute atomic E-state index is 0.0239. The van der Waals surface area contributed by atoms with Crippen LogP contribution in [0.2, 0.25) is 0 Å². The van der Waals surface area contributed by atoms with E-state index in [1.807, 2.05) is 0 Å². The van der Waals surface area contributed by atoms with Gasteiger partial charge in [0.15, 0.2) is 6.10 Å². The molecule has 6 unspecified atom stereocenters. The molecule has 0 aliphatic carbocycles. The standard InChI is InChI=1S/C12H23O7P.C7H14ClO4P.C5H10O3/c1-6-16-11(13)9(3)8-18-20(5,15)19-10(4)12(14)17-7-2;1-4-11-7(9)6(2)5-12-13(3,8)10;1-3-8-5(7)4(2)6/h9-10H,6-8H2,1-5H3;6H,4-5H2,1-3H3;4,6H,3H2,1-2H3. The van der Waals surface area contributed by atoms with Crippen LogP contribution < -0.4 is 0 Å². The number of rotatable bonds is 16. The second-order valence-corrected chi connectivity index (χ2v) is 13.9. The highest BCUT2D eigenvalue weighted by molar-refractivity contribution is 7.84. The highest BCUT2D eigenvalue weighted by Gasteiger charge is 2.28. The summed E-state index contributed by atoms with van der Waals surface area (Å²) in [4.78, 5) is 44.0. The second kappa shape index (κ2) is 24.0. The van der Waals surface area contributed by atoms with Crippen molar-refractivity contribution < 1.29 is 65.9 Å². The van der Waals surface area contributed by atoms with Crippen molar-refractivity contribution in [3.63, 3.8) is 0 Å². The summed E-state index contributed by atoms with van der Waals surface area (Å²) in [5.74, 6) is -2.99. The Labute approximate surface area is 247 Å². The number of carbonyl (C=O) groups is 4. The lowest BCUT2D eigenvalue weighted by Gasteiger charge is -2.19. The van der Waals surface area contributed by atoms with E-state index in [9.17, 15) is 28.3 Å². The van der Waals surface area contributed by atoms with E-state index in [-0.39, 0.29) is 32.4 Å². The van der Waals surface area contributed by atoms with E-state index in [0.29, 0.717) is 13.2 Å². The number of aliphatic hydroxyl groups excluding tert-OH is 1. The summed E-state index contributed by atoms with van der Waals surface area (Å²) in [5.41, 5.74) is 0. The fourth-order valence-electron chi connectivity index (χ4n) is 2.08. The molecule has 17 heteroatoms. The molecule has 1 N–H and O–H groups in total. The molecule has 0 spiro atoms. The molecule has 0 bridgehead atoms. The molecule has 0 saturated carbocycles. The second-order valence-electron chi connectivity index (χ2n) is 8.34. The van der Waals surface area contributed by atoms with Gasteiger partial charge in [-0.1, -0.05) is 0 Å². The van der Waals surface area contributed by atoms with Gasteiger partial charge in [0.05, 0.1) is 51.5 Å². The van der Waals surface area contributed by atoms with Crippen molar-refractivity contribution >= 4 is 49.4 Å². The smallest absolute Gasteiger partial charge is 0.335 e. The first-order valence-electron chi connectivity index (χ1n) is 12.9. The van der Waals surface area contributed by atoms with Gasteiger partial charge in [-0.25, -0.2) is 9.59 Å². The Morgan fingerprint density at radius 2 is 1.00 bits per heavy atom. The third-order valence-corrected chi connectivity index (χ3v) is 6.31. The van der Waals surface area contributed by atoms with Crippen molar-refractivity contribution in [1.82, 2.24) is 0 Å². The van der Waals surface area contributed by atoms with Crippen LogP contribution in [0.1, 0.15) is 55.4 Å². The van der Waals surface area contributed by atoms with Crippen molar-refractivity contribution in [1.29, 1.82) is 0 Å². The summed E-state index contributed by atoms with van der Waals surface area (Å²) >= 11 is 5.34. The number of halogens is 1. The molecule has 14 nitrogen and oxygen atoms in total. The number of carbonyl (C=O) groups excluding carboxylic acids is 4. The van der Waals surface area contributed by atoms with Crippen LogP contribution in [-0.2, 0) is 60.8 Å². The Kier molecular flexibility index (Phi) is 25.7. The lowest BCUT2D eigenvalue weighted by atomic mass is 10.2. The Balaban J connectivity index is -0.000000587. The summed E-state index contributed by atoms with van der Waals surface area (Å²) in [6.45, 7) is 13.3. The van der Waals surface area contributed by atoms with Crippen LogP contribution in [0.25, 0.3) is 0 Å². The lowest BCUT2D eigenvalue weighted by molar-refractivity contribution is -0.152. The maximum atomic E-state index is 12.0. The van der Waals surface area contributed by atoms with Crippen LogP contribution in [0.15, 0.2) is 0 Å². The van der Waals surface area contributed by atoms with Crippen molar-refractivity contribution in [3.8, 4) is 0 Å². The van der Waals surface area contributed by atoms with Gasteiger partial charge in [-0.05, 0) is 66.6 Å². The van der Waals surface area contributed by atoms with Crippen molar-refractivity contribution in [2.75, 3.05) is 53.0 Å². The molecule has 0 aliphatic heterocycles. The van der Waals surface area contributed by atoms with E-state index in [4.69, 9.17) is 44.1 Å². The number of hydrogen-bond donors (Lipinski definition) is 1. The molecule has 0 rings (SSSR count). The Bertz CT molecular complexity index is 861. The van der Waals surface area contributed by atoms with Crippen molar-refractivity contribution in [2.24, 2.45) is 11.8 Å². The number of ether oxygens (including phenoxy) is 4. The van der Waals surface area contributed by atoms with E-state index >= 15 is 0 Å². The summed E-state index contributed by atoms with van der Waals surface area (Å²) < 4.78 is 56.5. The maximum absolute atomic E-state index is 12.0. The van der Waals surface area contributed by atoms with E-state index in [1.165, 1.54) is 27.2 Å². The van der Waals surface area contributed by atoms with Gasteiger partial charge in [0, 0.05) is 13.3 Å². The molecule has 6 atom stereocenters. The Hall–Kier alpha value is -1.53. The molecule has 0 aromatic carbocycles. The molecule has 0 fully saturated rings. The van der Waals surface area contributed by atoms with Gasteiger partial charge in [0.25, 0.3) is 6.72 Å². The first kappa shape index (κ1) is 43.9. The van der Waals surface area contributed by atoms with Gasteiger partial charge in [0.1, 0.15) is 6.10 Å². The predicted octanol–water partition coefficient (Wildman–Crippen LogP) is 4.19. The minimum atomic E-state index is -3.45. The average Bonchev–Trinajstić information content (AvgIpc) is 2.86. The quantitative estimate of drug-likeness (QED) is 0.141. The molecule has 0 aromatic heterocycles. The molecule has 0 amide bonds. The van der Waals surface area contributed by atoms with Gasteiger partial charge in [-0.3, -0.25) is 23.2 Å². The van der Waals surface area contributed by atoms with Crippen LogP contribution in [0.5, 0.6) is 0 Å². The highest BCUT2D eigenvalue weighted by atomic mass is 35.7. The van der Waals surface area contributed by atoms with Crippen molar-refractivity contribution in [2.45, 2.75) is 67.6 Å². The van der Waals surface area contributed by atoms with Gasteiger partial charge < -0.3 is 33.1 Å². The number of hydrogen-bond acceptors (Lipinski definition) is 14. The van der Waals surface area contributed by atoms with Crippen LogP contribution in [0.4, 0.5) is 0 Å². The first-order chi connectivity index (χ1) is 18.8. The SMILES string of the molecule is CCOC(=O)C(C)COP(C)(=O)Cl.CCOC(=O)C(C)COP(C)(=O)OC(C)C(=O)OCC.CCOC(=O)C(C)O. The average molecular weight is 657 g/mol. The van der Waals surface area contributed by atoms with Crippen LogP contribution in [0.3, 0.4) is 0 Å². The topological polar surface area (TPSA) is 187 Å². The maximum Gasteiger partial charge on any atom is 0.335 e. The van der Waals surface area contributed by atoms with Crippen LogP contribution in [0, 0.1) is 11.8 Å². The van der Waals surface area contributed by atoms with Gasteiger partial charge in [-0.15, -0.1) is 0 Å². The minimum Gasteiger partial charge on any atom is -0.466 e. The molecule has 0 heterocycles. The fourth-order valence-corrected chi connectivity index (χ4v) is 3.96. The normalized spacial score (nSPS) is 16.3. The fraction of sp³-hybridized carbons (Fsp3) is 0.833. The molecule has 0 saturated heterocycles. The molecular formula is C24H47ClO14P2. The molecule has 0 radical (unpaired) electrons. The van der Waals surface area contributed by atoms with Crippen LogP contribution in [-0.4, -0.2) is 94.2 Å². The zero-order chi connectivity index (χ0) is 32.8. The monoisotopic (exact) mass is 656 g/mol. The zero-order valence-electron chi connectivity index (χ0n) is 25.6. The largest absolute Gasteiger partial charge is 0.466 e. The third-order valence-electron chi connectivity index (χ3n) is 4.09. The number of aliphatic hydroxyl groups is 1. The zero-order valence-corrected chi connectivity index (χ0v) is 28.1. The summed E-state index contributed by atoms with van der Waals surface area (Å²) in [6.07, 6.45) is -1.99. The molecule has 0 aliphatic rings. The third kappa shape index (κ3) is 27.1.